The van der Waals surface area contributed by atoms with Gasteiger partial charge in [0.2, 0.25) is 6.84 Å². The third kappa shape index (κ3) is 4.25. The summed E-state index contributed by atoms with van der Waals surface area (Å²) in [7, 11) is 0. The summed E-state index contributed by atoms with van der Waals surface area (Å²) in [4.78, 5) is 0. The molecule has 2 aliphatic heterocycles. The highest BCUT2D eigenvalue weighted by Crippen LogP contribution is 2.59. The van der Waals surface area contributed by atoms with Crippen molar-refractivity contribution in [2.75, 3.05) is 0 Å². The molecule has 0 N–H and O–H groups in total. The molecule has 7 heteroatoms. The fourth-order valence-electron chi connectivity index (χ4n) is 3.33. The molecule has 144 valence electrons. The lowest BCUT2D eigenvalue weighted by Crippen LogP contribution is -2.23. The van der Waals surface area contributed by atoms with E-state index in [2.05, 4.69) is 102 Å². The molecule has 2 aromatic rings. The first-order chi connectivity index (χ1) is 12.7. The molecule has 0 radical (unpaired) electrons. The number of hydrogen-bond donors (Lipinski definition) is 0. The van der Waals surface area contributed by atoms with Crippen molar-refractivity contribution in [3.05, 3.63) is 70.8 Å². The highest BCUT2D eigenvalue weighted by Gasteiger charge is 2.62. The minimum atomic E-state index is -0.562. The van der Waals surface area contributed by atoms with E-state index in [0.29, 0.717) is 0 Å². The van der Waals surface area contributed by atoms with Gasteiger partial charge in [0.25, 0.3) is 0 Å². The Morgan fingerprint density at radius 1 is 0.741 bits per heavy atom. The zero-order chi connectivity index (χ0) is 19.4. The second-order valence-corrected chi connectivity index (χ2v) is 13.7. The van der Waals surface area contributed by atoms with Crippen molar-refractivity contribution >= 4 is 63.7 Å². The van der Waals surface area contributed by atoms with Gasteiger partial charge in [0, 0.05) is 0 Å². The molecule has 3 nitrogen and oxygen atoms in total. The number of ether oxygens (including phenoxy) is 3. The number of rotatable bonds is 6. The fraction of sp³-hybridized carbons (Fsp3) is 0.400. The maximum absolute atomic E-state index is 6.73. The van der Waals surface area contributed by atoms with Gasteiger partial charge in [0.1, 0.15) is 24.4 Å². The molecular formula is C20H18Br4O3. The molecule has 0 saturated carbocycles. The van der Waals surface area contributed by atoms with Crippen LogP contribution in [0.1, 0.15) is 34.5 Å². The summed E-state index contributed by atoms with van der Waals surface area (Å²) >= 11 is 14.3. The Morgan fingerprint density at radius 2 is 1.07 bits per heavy atom. The summed E-state index contributed by atoms with van der Waals surface area (Å²) in [5.74, 6) is 0. The van der Waals surface area contributed by atoms with Crippen LogP contribution in [0.5, 0.6) is 0 Å². The number of alkyl halides is 4. The van der Waals surface area contributed by atoms with E-state index in [1.54, 1.807) is 0 Å². The maximum Gasteiger partial charge on any atom is 0.207 e. The summed E-state index contributed by atoms with van der Waals surface area (Å²) in [5, 5.41) is 0. The van der Waals surface area contributed by atoms with Gasteiger partial charge in [0.15, 0.2) is 0 Å². The first kappa shape index (κ1) is 20.5. The monoisotopic (exact) mass is 622 g/mol. The molecule has 0 aliphatic carbocycles. The van der Waals surface area contributed by atoms with Crippen LogP contribution in [-0.4, -0.2) is 19.0 Å². The second-order valence-electron chi connectivity index (χ2n) is 6.89. The molecule has 0 amide bonds. The lowest BCUT2D eigenvalue weighted by Gasteiger charge is -2.26. The van der Waals surface area contributed by atoms with E-state index in [1.807, 2.05) is 24.3 Å². The van der Waals surface area contributed by atoms with Crippen LogP contribution in [0.3, 0.4) is 0 Å². The Morgan fingerprint density at radius 3 is 1.37 bits per heavy atom. The van der Waals surface area contributed by atoms with Crippen LogP contribution in [0.4, 0.5) is 0 Å². The van der Waals surface area contributed by atoms with Gasteiger partial charge in [-0.15, -0.1) is 0 Å². The Labute approximate surface area is 192 Å². The van der Waals surface area contributed by atoms with Gasteiger partial charge in [0.05, 0.1) is 0 Å². The molecule has 2 aliphatic rings. The van der Waals surface area contributed by atoms with Gasteiger partial charge in [-0.2, -0.15) is 0 Å². The van der Waals surface area contributed by atoms with Crippen molar-refractivity contribution in [1.82, 2.24) is 0 Å². The minimum absolute atomic E-state index is 0.149. The third-order valence-corrected chi connectivity index (χ3v) is 7.50. The van der Waals surface area contributed by atoms with Crippen LogP contribution in [0.15, 0.2) is 48.5 Å². The molecule has 4 rings (SSSR count). The van der Waals surface area contributed by atoms with E-state index < -0.39 is 6.84 Å². The Kier molecular flexibility index (Phi) is 5.69. The molecule has 0 bridgehead atoms. The van der Waals surface area contributed by atoms with Gasteiger partial charge in [-0.25, -0.2) is 0 Å². The lowest BCUT2D eigenvalue weighted by atomic mass is 9.98. The number of hydrogen-bond acceptors (Lipinski definition) is 3. The van der Waals surface area contributed by atoms with Crippen molar-refractivity contribution in [3.8, 4) is 0 Å². The first-order valence-corrected chi connectivity index (χ1v) is 11.8. The quantitative estimate of drug-likeness (QED) is 0.262. The molecule has 0 spiro atoms. The first-order valence-electron chi connectivity index (χ1n) is 8.58. The van der Waals surface area contributed by atoms with Gasteiger partial charge < -0.3 is 14.2 Å². The average molecular weight is 626 g/mol. The SMILES string of the molecule is Cc1ccccc1C(OC(c1ccccc1C)C1OC1(Br)Br)C1OC1(Br)Br. The zero-order valence-corrected chi connectivity index (χ0v) is 21.0. The van der Waals surface area contributed by atoms with Crippen molar-refractivity contribution in [3.63, 3.8) is 0 Å². The van der Waals surface area contributed by atoms with Crippen LogP contribution in [0.2, 0.25) is 0 Å². The lowest BCUT2D eigenvalue weighted by molar-refractivity contribution is -0.0425. The summed E-state index contributed by atoms with van der Waals surface area (Å²) in [6.07, 6.45) is -0.808. The molecule has 2 saturated heterocycles. The number of benzene rings is 2. The van der Waals surface area contributed by atoms with E-state index in [9.17, 15) is 0 Å². The standard InChI is InChI=1S/C20H18Br4O3/c1-11-7-3-5-9-13(11)15(17-19(21,22)26-17)25-16(18-20(23,24)27-18)14-10-6-4-8-12(14)2/h3-10,15-18H,1-2H3. The van der Waals surface area contributed by atoms with Gasteiger partial charge in [-0.1, -0.05) is 48.5 Å². The average Bonchev–Trinajstić information content (AvgIpc) is 3.45. The third-order valence-electron chi connectivity index (χ3n) is 4.95. The predicted molar refractivity (Wildman–Crippen MR) is 120 cm³/mol. The highest BCUT2D eigenvalue weighted by atomic mass is 79.9. The number of halogens is 4. The predicted octanol–water partition coefficient (Wildman–Crippen LogP) is 6.79. The summed E-state index contributed by atoms with van der Waals surface area (Å²) in [6.45, 7) is 4.18. The van der Waals surface area contributed by atoms with Crippen LogP contribution in [-0.2, 0) is 14.2 Å². The van der Waals surface area contributed by atoms with Gasteiger partial charge in [-0.05, 0) is 99.8 Å². The van der Waals surface area contributed by atoms with E-state index >= 15 is 0 Å². The molecular weight excluding hydrogens is 608 g/mol. The van der Waals surface area contributed by atoms with Gasteiger partial charge in [-0.3, -0.25) is 0 Å². The molecule has 4 unspecified atom stereocenters. The topological polar surface area (TPSA) is 34.3 Å². The van der Waals surface area contributed by atoms with Crippen LogP contribution < -0.4 is 0 Å². The summed E-state index contributed by atoms with van der Waals surface area (Å²) in [5.41, 5.74) is 4.55. The molecule has 4 atom stereocenters. The van der Waals surface area contributed by atoms with Gasteiger partial charge >= 0.3 is 0 Å². The van der Waals surface area contributed by atoms with Crippen molar-refractivity contribution in [2.45, 2.75) is 45.1 Å². The zero-order valence-electron chi connectivity index (χ0n) is 14.7. The smallest absolute Gasteiger partial charge is 0.207 e. The molecule has 0 aromatic heterocycles. The number of aryl methyl sites for hydroxylation is 2. The molecule has 2 heterocycles. The fourth-order valence-corrected chi connectivity index (χ4v) is 5.10. The Balaban J connectivity index is 1.71. The van der Waals surface area contributed by atoms with Crippen LogP contribution in [0, 0.1) is 13.8 Å². The van der Waals surface area contributed by atoms with E-state index in [4.69, 9.17) is 14.2 Å². The van der Waals surface area contributed by atoms with E-state index in [-0.39, 0.29) is 24.4 Å². The minimum Gasteiger partial charge on any atom is -0.360 e. The van der Waals surface area contributed by atoms with Crippen molar-refractivity contribution in [1.29, 1.82) is 0 Å². The number of epoxide rings is 2. The van der Waals surface area contributed by atoms with Crippen molar-refractivity contribution in [2.24, 2.45) is 0 Å². The summed E-state index contributed by atoms with van der Waals surface area (Å²) < 4.78 is 17.3. The normalized spacial score (nSPS) is 27.0. The van der Waals surface area contributed by atoms with Crippen molar-refractivity contribution < 1.29 is 14.2 Å². The Hall–Kier alpha value is 0.240. The second kappa shape index (κ2) is 7.49. The van der Waals surface area contributed by atoms with E-state index in [1.165, 1.54) is 0 Å². The van der Waals surface area contributed by atoms with E-state index in [0.717, 1.165) is 22.3 Å². The Bertz CT molecular complexity index is 785. The molecule has 2 fully saturated rings. The largest absolute Gasteiger partial charge is 0.360 e. The summed E-state index contributed by atoms with van der Waals surface area (Å²) in [6, 6.07) is 16.5. The highest BCUT2D eigenvalue weighted by molar-refractivity contribution is 9.25. The van der Waals surface area contributed by atoms with Crippen LogP contribution in [0.25, 0.3) is 0 Å². The maximum atomic E-state index is 6.73. The molecule has 27 heavy (non-hydrogen) atoms. The van der Waals surface area contributed by atoms with Crippen LogP contribution >= 0.6 is 63.7 Å². The molecule has 2 aromatic carbocycles.